The Morgan fingerprint density at radius 2 is 1.91 bits per heavy atom. The zero-order chi connectivity index (χ0) is 15.8. The highest BCUT2D eigenvalue weighted by molar-refractivity contribution is 5.99. The van der Waals surface area contributed by atoms with E-state index in [2.05, 4.69) is 10.2 Å². The predicted molar refractivity (Wildman–Crippen MR) is 85.0 cm³/mol. The highest BCUT2D eigenvalue weighted by Gasteiger charge is 2.12. The SMILES string of the molecule is Cc1ccccc1C(=O)CCC(=O)NCCN1CCOCC1. The Morgan fingerprint density at radius 1 is 1.18 bits per heavy atom. The number of morpholine rings is 1. The van der Waals surface area contributed by atoms with Crippen LogP contribution in [0.25, 0.3) is 0 Å². The van der Waals surface area contributed by atoms with E-state index in [1.807, 2.05) is 31.2 Å². The molecule has 1 aliphatic rings. The van der Waals surface area contributed by atoms with Crippen molar-refractivity contribution in [3.63, 3.8) is 0 Å². The molecule has 1 aromatic rings. The predicted octanol–water partition coefficient (Wildman–Crippen LogP) is 1.41. The number of rotatable bonds is 7. The summed E-state index contributed by atoms with van der Waals surface area (Å²) in [5.41, 5.74) is 1.67. The first-order valence-corrected chi connectivity index (χ1v) is 7.82. The van der Waals surface area contributed by atoms with Gasteiger partial charge in [0.15, 0.2) is 5.78 Å². The second-order valence-corrected chi connectivity index (χ2v) is 5.54. The summed E-state index contributed by atoms with van der Waals surface area (Å²) in [6, 6.07) is 7.48. The van der Waals surface area contributed by atoms with Crippen LogP contribution in [0.15, 0.2) is 24.3 Å². The molecule has 2 rings (SSSR count). The minimum absolute atomic E-state index is 0.0291. The number of ketones is 1. The number of amides is 1. The van der Waals surface area contributed by atoms with Crippen LogP contribution in [0, 0.1) is 6.92 Å². The number of nitrogens with one attached hydrogen (secondary N) is 1. The van der Waals surface area contributed by atoms with Crippen molar-refractivity contribution >= 4 is 11.7 Å². The molecule has 5 nitrogen and oxygen atoms in total. The molecule has 0 aliphatic carbocycles. The van der Waals surface area contributed by atoms with Crippen molar-refractivity contribution in [2.75, 3.05) is 39.4 Å². The minimum atomic E-state index is -0.0600. The molecular weight excluding hydrogens is 280 g/mol. The number of Topliss-reactive ketones (excluding diaryl/α,β-unsaturated/α-hetero) is 1. The molecule has 5 heteroatoms. The fraction of sp³-hybridized carbons (Fsp3) is 0.529. The van der Waals surface area contributed by atoms with Gasteiger partial charge in [-0.25, -0.2) is 0 Å². The lowest BCUT2D eigenvalue weighted by molar-refractivity contribution is -0.121. The molecule has 0 bridgehead atoms. The fourth-order valence-corrected chi connectivity index (χ4v) is 2.51. The zero-order valence-corrected chi connectivity index (χ0v) is 13.1. The van der Waals surface area contributed by atoms with Gasteiger partial charge in [0.05, 0.1) is 13.2 Å². The van der Waals surface area contributed by atoms with Crippen molar-refractivity contribution < 1.29 is 14.3 Å². The van der Waals surface area contributed by atoms with Crippen LogP contribution in [0.3, 0.4) is 0 Å². The lowest BCUT2D eigenvalue weighted by Crippen LogP contribution is -2.41. The maximum atomic E-state index is 12.1. The monoisotopic (exact) mass is 304 g/mol. The number of carbonyl (C=O) groups is 2. The summed E-state index contributed by atoms with van der Waals surface area (Å²) in [6.07, 6.45) is 0.504. The van der Waals surface area contributed by atoms with Crippen LogP contribution in [0.4, 0.5) is 0 Å². The lowest BCUT2D eigenvalue weighted by atomic mass is 10.0. The molecule has 22 heavy (non-hydrogen) atoms. The molecule has 0 radical (unpaired) electrons. The van der Waals surface area contributed by atoms with Crippen LogP contribution in [0.1, 0.15) is 28.8 Å². The third kappa shape index (κ3) is 5.24. The zero-order valence-electron chi connectivity index (χ0n) is 13.1. The first-order valence-electron chi connectivity index (χ1n) is 7.82. The normalized spacial score (nSPS) is 15.5. The van der Waals surface area contributed by atoms with Crippen LogP contribution in [-0.2, 0) is 9.53 Å². The maximum Gasteiger partial charge on any atom is 0.220 e. The molecule has 120 valence electrons. The van der Waals surface area contributed by atoms with Gasteiger partial charge in [-0.1, -0.05) is 24.3 Å². The second-order valence-electron chi connectivity index (χ2n) is 5.54. The fourth-order valence-electron chi connectivity index (χ4n) is 2.51. The van der Waals surface area contributed by atoms with Gasteiger partial charge in [-0.05, 0) is 12.5 Å². The lowest BCUT2D eigenvalue weighted by Gasteiger charge is -2.26. The maximum absolute atomic E-state index is 12.1. The first kappa shape index (κ1) is 16.6. The Labute approximate surface area is 131 Å². The Balaban J connectivity index is 1.65. The van der Waals surface area contributed by atoms with Gasteiger partial charge in [-0.15, -0.1) is 0 Å². The van der Waals surface area contributed by atoms with E-state index in [9.17, 15) is 9.59 Å². The van der Waals surface area contributed by atoms with Crippen molar-refractivity contribution in [2.45, 2.75) is 19.8 Å². The highest BCUT2D eigenvalue weighted by atomic mass is 16.5. The van der Waals surface area contributed by atoms with Gasteiger partial charge < -0.3 is 10.1 Å². The third-order valence-electron chi connectivity index (χ3n) is 3.88. The number of carbonyl (C=O) groups excluding carboxylic acids is 2. The number of hydrogen-bond donors (Lipinski definition) is 1. The van der Waals surface area contributed by atoms with Crippen molar-refractivity contribution in [3.8, 4) is 0 Å². The molecule has 1 saturated heterocycles. The number of benzene rings is 1. The molecule has 0 aromatic heterocycles. The molecule has 1 amide bonds. The van der Waals surface area contributed by atoms with E-state index in [0.717, 1.165) is 38.4 Å². The average Bonchev–Trinajstić information content (AvgIpc) is 2.54. The molecule has 0 spiro atoms. The van der Waals surface area contributed by atoms with Gasteiger partial charge in [0, 0.05) is 44.6 Å². The van der Waals surface area contributed by atoms with Gasteiger partial charge >= 0.3 is 0 Å². The van der Waals surface area contributed by atoms with Gasteiger partial charge in [0.25, 0.3) is 0 Å². The van der Waals surface area contributed by atoms with Crippen LogP contribution in [0.5, 0.6) is 0 Å². The summed E-state index contributed by atoms with van der Waals surface area (Å²) < 4.78 is 5.28. The van der Waals surface area contributed by atoms with Gasteiger partial charge in [0.1, 0.15) is 0 Å². The Morgan fingerprint density at radius 3 is 2.64 bits per heavy atom. The molecule has 1 N–H and O–H groups in total. The summed E-state index contributed by atoms with van der Waals surface area (Å²) in [5, 5.41) is 2.88. The number of hydrogen-bond acceptors (Lipinski definition) is 4. The molecule has 1 aromatic carbocycles. The van der Waals surface area contributed by atoms with E-state index in [0.29, 0.717) is 12.1 Å². The first-order chi connectivity index (χ1) is 10.7. The Bertz CT molecular complexity index is 510. The van der Waals surface area contributed by atoms with Crippen molar-refractivity contribution in [1.82, 2.24) is 10.2 Å². The average molecular weight is 304 g/mol. The molecular formula is C17H24N2O3. The summed E-state index contributed by atoms with van der Waals surface area (Å²) in [4.78, 5) is 26.2. The van der Waals surface area contributed by atoms with Crippen LogP contribution in [-0.4, -0.2) is 56.0 Å². The van der Waals surface area contributed by atoms with E-state index in [4.69, 9.17) is 4.74 Å². The Kier molecular flexibility index (Phi) is 6.55. The van der Waals surface area contributed by atoms with Gasteiger partial charge in [-0.3, -0.25) is 14.5 Å². The molecule has 1 fully saturated rings. The molecule has 0 atom stereocenters. The quantitative estimate of drug-likeness (QED) is 0.774. The van der Waals surface area contributed by atoms with Gasteiger partial charge in [-0.2, -0.15) is 0 Å². The van der Waals surface area contributed by atoms with E-state index < -0.39 is 0 Å². The van der Waals surface area contributed by atoms with Crippen molar-refractivity contribution in [2.24, 2.45) is 0 Å². The molecule has 1 heterocycles. The molecule has 1 aliphatic heterocycles. The summed E-state index contributed by atoms with van der Waals surface area (Å²) >= 11 is 0. The second kappa shape index (κ2) is 8.66. The van der Waals surface area contributed by atoms with Crippen LogP contribution < -0.4 is 5.32 Å². The minimum Gasteiger partial charge on any atom is -0.379 e. The van der Waals surface area contributed by atoms with Gasteiger partial charge in [0.2, 0.25) is 5.91 Å². The Hall–Kier alpha value is -1.72. The standard InChI is InChI=1S/C17H24N2O3/c1-14-4-2-3-5-15(14)16(20)6-7-17(21)18-8-9-19-10-12-22-13-11-19/h2-5H,6-13H2,1H3,(H,18,21). The summed E-state index contributed by atoms with van der Waals surface area (Å²) in [5.74, 6) is -0.0309. The van der Waals surface area contributed by atoms with E-state index >= 15 is 0 Å². The highest BCUT2D eigenvalue weighted by Crippen LogP contribution is 2.10. The van der Waals surface area contributed by atoms with Crippen molar-refractivity contribution in [1.29, 1.82) is 0 Å². The smallest absolute Gasteiger partial charge is 0.220 e. The van der Waals surface area contributed by atoms with E-state index in [-0.39, 0.29) is 24.5 Å². The van der Waals surface area contributed by atoms with Crippen LogP contribution >= 0.6 is 0 Å². The third-order valence-corrected chi connectivity index (χ3v) is 3.88. The number of aryl methyl sites for hydroxylation is 1. The van der Waals surface area contributed by atoms with E-state index in [1.54, 1.807) is 0 Å². The summed E-state index contributed by atoms with van der Waals surface area (Å²) in [6.45, 7) is 6.73. The number of ether oxygens (including phenoxy) is 1. The molecule has 0 unspecified atom stereocenters. The molecule has 0 saturated carbocycles. The van der Waals surface area contributed by atoms with E-state index in [1.165, 1.54) is 0 Å². The number of nitrogens with zero attached hydrogens (tertiary/aromatic N) is 1. The summed E-state index contributed by atoms with van der Waals surface area (Å²) in [7, 11) is 0. The topological polar surface area (TPSA) is 58.6 Å². The van der Waals surface area contributed by atoms with Crippen LogP contribution in [0.2, 0.25) is 0 Å². The largest absolute Gasteiger partial charge is 0.379 e. The van der Waals surface area contributed by atoms with Crippen molar-refractivity contribution in [3.05, 3.63) is 35.4 Å².